The number of amides is 1. The number of aryl methyl sites for hydroxylation is 1. The number of aromatic nitrogens is 2. The molecule has 8 heteroatoms. The molecule has 144 valence electrons. The predicted octanol–water partition coefficient (Wildman–Crippen LogP) is 0.627. The number of carbonyl (C=O) groups excluding carboxylic acids is 1. The van der Waals surface area contributed by atoms with Crippen LogP contribution in [0.3, 0.4) is 0 Å². The van der Waals surface area contributed by atoms with Gasteiger partial charge in [0.05, 0.1) is 19.3 Å². The van der Waals surface area contributed by atoms with E-state index in [0.717, 1.165) is 57.1 Å². The minimum Gasteiger partial charge on any atom is -0.370 e. The number of hydrogen-bond donors (Lipinski definition) is 1. The summed E-state index contributed by atoms with van der Waals surface area (Å²) in [6.45, 7) is 6.55. The van der Waals surface area contributed by atoms with Crippen LogP contribution in [0.15, 0.2) is 17.4 Å². The van der Waals surface area contributed by atoms with Crippen molar-refractivity contribution in [3.8, 4) is 0 Å². The summed E-state index contributed by atoms with van der Waals surface area (Å²) < 4.78 is 7.72. The van der Waals surface area contributed by atoms with E-state index in [0.29, 0.717) is 12.5 Å². The molecule has 1 unspecified atom stereocenters. The van der Waals surface area contributed by atoms with Gasteiger partial charge in [-0.1, -0.05) is 0 Å². The van der Waals surface area contributed by atoms with Crippen molar-refractivity contribution in [2.24, 2.45) is 18.0 Å². The average molecular weight is 362 g/mol. The molecule has 1 atom stereocenters. The molecule has 0 radical (unpaired) electrons. The van der Waals surface area contributed by atoms with E-state index in [1.54, 1.807) is 11.6 Å². The Morgan fingerprint density at radius 3 is 2.73 bits per heavy atom. The van der Waals surface area contributed by atoms with Gasteiger partial charge in [0.2, 0.25) is 5.91 Å². The summed E-state index contributed by atoms with van der Waals surface area (Å²) in [5, 5.41) is 7.77. The van der Waals surface area contributed by atoms with Crippen molar-refractivity contribution in [2.45, 2.75) is 25.9 Å². The van der Waals surface area contributed by atoms with Gasteiger partial charge < -0.3 is 19.9 Å². The highest BCUT2D eigenvalue weighted by molar-refractivity contribution is 5.80. The number of likely N-dealkylation sites (tertiary alicyclic amines) is 1. The molecule has 3 heterocycles. The first-order valence-electron chi connectivity index (χ1n) is 9.38. The van der Waals surface area contributed by atoms with E-state index >= 15 is 0 Å². The summed E-state index contributed by atoms with van der Waals surface area (Å²) in [7, 11) is 3.75. The van der Waals surface area contributed by atoms with Crippen molar-refractivity contribution in [1.29, 1.82) is 0 Å². The highest BCUT2D eigenvalue weighted by Crippen LogP contribution is 2.22. The van der Waals surface area contributed by atoms with E-state index < -0.39 is 0 Å². The summed E-state index contributed by atoms with van der Waals surface area (Å²) in [5.41, 5.74) is 1.10. The van der Waals surface area contributed by atoms with Crippen LogP contribution in [0.5, 0.6) is 0 Å². The van der Waals surface area contributed by atoms with Crippen molar-refractivity contribution in [3.05, 3.63) is 18.0 Å². The van der Waals surface area contributed by atoms with Crippen LogP contribution in [0.2, 0.25) is 0 Å². The number of rotatable bonds is 3. The Balaban J connectivity index is 1.50. The topological polar surface area (TPSA) is 75.0 Å². The summed E-state index contributed by atoms with van der Waals surface area (Å²) in [6, 6.07) is 0. The molecule has 0 bridgehead atoms. The van der Waals surface area contributed by atoms with Gasteiger partial charge in [-0.25, -0.2) is 0 Å². The number of piperidine rings is 1. The highest BCUT2D eigenvalue weighted by atomic mass is 16.5. The Morgan fingerprint density at radius 1 is 1.35 bits per heavy atom. The first kappa shape index (κ1) is 18.7. The summed E-state index contributed by atoms with van der Waals surface area (Å²) in [4.78, 5) is 20.1. The number of guanidine groups is 1. The van der Waals surface area contributed by atoms with Crippen molar-refractivity contribution in [1.82, 2.24) is 24.9 Å². The van der Waals surface area contributed by atoms with Gasteiger partial charge in [0.15, 0.2) is 5.96 Å². The fourth-order valence-corrected chi connectivity index (χ4v) is 3.67. The molecule has 1 N–H and O–H groups in total. The molecule has 26 heavy (non-hydrogen) atoms. The predicted molar refractivity (Wildman–Crippen MR) is 99.8 cm³/mol. The Labute approximate surface area is 155 Å². The van der Waals surface area contributed by atoms with Gasteiger partial charge in [0.1, 0.15) is 6.10 Å². The van der Waals surface area contributed by atoms with Gasteiger partial charge in [-0.05, 0) is 18.8 Å². The molecular weight excluding hydrogens is 332 g/mol. The molecule has 0 aliphatic carbocycles. The summed E-state index contributed by atoms with van der Waals surface area (Å²) in [6.07, 6.45) is 5.99. The van der Waals surface area contributed by atoms with E-state index in [9.17, 15) is 4.79 Å². The monoisotopic (exact) mass is 362 g/mol. The van der Waals surface area contributed by atoms with E-state index in [4.69, 9.17) is 4.74 Å². The zero-order chi connectivity index (χ0) is 18.5. The maximum Gasteiger partial charge on any atom is 0.219 e. The van der Waals surface area contributed by atoms with Crippen LogP contribution in [0.4, 0.5) is 0 Å². The van der Waals surface area contributed by atoms with Crippen LogP contribution in [-0.4, -0.2) is 77.8 Å². The van der Waals surface area contributed by atoms with Crippen molar-refractivity contribution >= 4 is 11.9 Å². The zero-order valence-corrected chi connectivity index (χ0v) is 16.0. The second-order valence-corrected chi connectivity index (χ2v) is 7.13. The average Bonchev–Trinajstić information content (AvgIpc) is 3.09. The van der Waals surface area contributed by atoms with Crippen LogP contribution in [0.1, 0.15) is 31.4 Å². The largest absolute Gasteiger partial charge is 0.370 e. The van der Waals surface area contributed by atoms with Gasteiger partial charge >= 0.3 is 0 Å². The van der Waals surface area contributed by atoms with Gasteiger partial charge in [-0.15, -0.1) is 0 Å². The van der Waals surface area contributed by atoms with Crippen LogP contribution in [0, 0.1) is 5.92 Å². The van der Waals surface area contributed by atoms with E-state index in [2.05, 4.69) is 20.3 Å². The van der Waals surface area contributed by atoms with Gasteiger partial charge in [-0.3, -0.25) is 14.5 Å². The van der Waals surface area contributed by atoms with Gasteiger partial charge in [0.25, 0.3) is 0 Å². The summed E-state index contributed by atoms with van der Waals surface area (Å²) >= 11 is 0. The minimum absolute atomic E-state index is 0.0230. The van der Waals surface area contributed by atoms with E-state index in [1.165, 1.54) is 0 Å². The third-order valence-electron chi connectivity index (χ3n) is 5.28. The maximum atomic E-state index is 11.4. The van der Waals surface area contributed by atoms with E-state index in [1.807, 2.05) is 31.4 Å². The van der Waals surface area contributed by atoms with Gasteiger partial charge in [-0.2, -0.15) is 5.10 Å². The first-order valence-corrected chi connectivity index (χ1v) is 9.38. The lowest BCUT2D eigenvalue weighted by Crippen LogP contribution is -2.49. The molecule has 1 amide bonds. The lowest BCUT2D eigenvalue weighted by Gasteiger charge is -2.36. The fourth-order valence-electron chi connectivity index (χ4n) is 3.67. The molecule has 0 spiro atoms. The highest BCUT2D eigenvalue weighted by Gasteiger charge is 2.26. The Morgan fingerprint density at radius 2 is 2.12 bits per heavy atom. The molecule has 1 aromatic rings. The van der Waals surface area contributed by atoms with Crippen molar-refractivity contribution < 1.29 is 9.53 Å². The lowest BCUT2D eigenvalue weighted by molar-refractivity contribution is -0.130. The van der Waals surface area contributed by atoms with Crippen LogP contribution >= 0.6 is 0 Å². The maximum absolute atomic E-state index is 11.4. The molecular formula is C18H30N6O2. The number of nitrogens with one attached hydrogen (secondary N) is 1. The lowest BCUT2D eigenvalue weighted by atomic mass is 9.97. The normalized spacial score (nSPS) is 22.6. The molecule has 2 fully saturated rings. The second kappa shape index (κ2) is 8.53. The zero-order valence-electron chi connectivity index (χ0n) is 16.0. The Hall–Kier alpha value is -2.09. The van der Waals surface area contributed by atoms with Crippen LogP contribution < -0.4 is 5.32 Å². The number of morpholine rings is 1. The molecule has 0 aromatic carbocycles. The number of ether oxygens (including phenoxy) is 1. The minimum atomic E-state index is 0.0230. The third-order valence-corrected chi connectivity index (χ3v) is 5.28. The van der Waals surface area contributed by atoms with Crippen molar-refractivity contribution in [2.75, 3.05) is 46.4 Å². The third kappa shape index (κ3) is 4.55. The quantitative estimate of drug-likeness (QED) is 0.630. The standard InChI is InChI=1S/C18H30N6O2/c1-14(25)23-6-4-15(5-7-23)10-20-18(19-2)24-8-9-26-17(13-24)16-11-21-22(3)12-16/h11-12,15,17H,4-10,13H2,1-3H3,(H,19,20). The molecule has 2 saturated heterocycles. The van der Waals surface area contributed by atoms with Crippen LogP contribution in [0.25, 0.3) is 0 Å². The van der Waals surface area contributed by atoms with Crippen LogP contribution in [-0.2, 0) is 16.6 Å². The number of carbonyl (C=O) groups is 1. The SMILES string of the molecule is CN=C(NCC1CCN(C(C)=O)CC1)N1CCOC(c2cnn(C)c2)C1. The number of nitrogens with zero attached hydrogens (tertiary/aromatic N) is 5. The molecule has 1 aromatic heterocycles. The number of aliphatic imine (C=N–C) groups is 1. The Bertz CT molecular complexity index is 635. The summed E-state index contributed by atoms with van der Waals surface area (Å²) in [5.74, 6) is 1.69. The molecule has 0 saturated carbocycles. The van der Waals surface area contributed by atoms with E-state index in [-0.39, 0.29) is 12.0 Å². The van der Waals surface area contributed by atoms with Crippen molar-refractivity contribution in [3.63, 3.8) is 0 Å². The molecule has 2 aliphatic rings. The first-order chi connectivity index (χ1) is 12.6. The van der Waals surface area contributed by atoms with Gasteiger partial charge in [0, 0.05) is 59.0 Å². The molecule has 3 rings (SSSR count). The fraction of sp³-hybridized carbons (Fsp3) is 0.722. The Kier molecular flexibility index (Phi) is 6.13. The molecule has 2 aliphatic heterocycles. The smallest absolute Gasteiger partial charge is 0.219 e. The number of hydrogen-bond acceptors (Lipinski definition) is 4. The second-order valence-electron chi connectivity index (χ2n) is 7.13. The molecule has 8 nitrogen and oxygen atoms in total.